The van der Waals surface area contributed by atoms with Crippen LogP contribution in [-0.4, -0.2) is 64.9 Å². The first-order valence-electron chi connectivity index (χ1n) is 11.2. The Kier molecular flexibility index (Phi) is 7.30. The van der Waals surface area contributed by atoms with Crippen molar-refractivity contribution in [3.8, 4) is 0 Å². The van der Waals surface area contributed by atoms with E-state index in [2.05, 4.69) is 5.32 Å². The zero-order chi connectivity index (χ0) is 24.3. The number of carboxylic acid groups (broad SMARTS) is 1. The molecule has 9 heteroatoms. The van der Waals surface area contributed by atoms with Crippen molar-refractivity contribution in [2.24, 2.45) is 0 Å². The third-order valence-electron chi connectivity index (χ3n) is 5.99. The molecule has 0 bridgehead atoms. The number of carbonyl (C=O) groups is 2. The van der Waals surface area contributed by atoms with Gasteiger partial charge in [0, 0.05) is 18.9 Å². The first kappa shape index (κ1) is 24.3. The van der Waals surface area contributed by atoms with Gasteiger partial charge in [0.15, 0.2) is 18.2 Å². The molecule has 0 aromatic heterocycles. The van der Waals surface area contributed by atoms with E-state index in [0.29, 0.717) is 0 Å². The molecule has 2 aromatic carbocycles. The van der Waals surface area contributed by atoms with Crippen LogP contribution in [0.3, 0.4) is 0 Å². The Bertz CT molecular complexity index is 987. The monoisotopic (exact) mass is 471 g/mol. The SMILES string of the molecule is CC(=O)N[C@@H]1[C@@H](OC(C)C(=O)O)[C@@H]2OC(c3ccccc3)OC[C@H]2O[C@@]1(O)Cc1ccccc1. The molecule has 2 aliphatic heterocycles. The lowest BCUT2D eigenvalue weighted by atomic mass is 9.85. The van der Waals surface area contributed by atoms with E-state index in [-0.39, 0.29) is 13.0 Å². The molecule has 3 N–H and O–H groups in total. The summed E-state index contributed by atoms with van der Waals surface area (Å²) in [5.41, 5.74) is 1.54. The third-order valence-corrected chi connectivity index (χ3v) is 5.99. The van der Waals surface area contributed by atoms with Gasteiger partial charge in [-0.15, -0.1) is 0 Å². The quantitative estimate of drug-likeness (QED) is 0.559. The van der Waals surface area contributed by atoms with E-state index in [4.69, 9.17) is 18.9 Å². The fourth-order valence-electron chi connectivity index (χ4n) is 4.41. The van der Waals surface area contributed by atoms with Gasteiger partial charge in [-0.3, -0.25) is 4.79 Å². The van der Waals surface area contributed by atoms with E-state index in [1.54, 1.807) is 0 Å². The number of nitrogens with one attached hydrogen (secondary N) is 1. The summed E-state index contributed by atoms with van der Waals surface area (Å²) >= 11 is 0. The molecule has 4 rings (SSSR count). The van der Waals surface area contributed by atoms with Gasteiger partial charge in [-0.05, 0) is 12.5 Å². The van der Waals surface area contributed by atoms with E-state index in [1.165, 1.54) is 13.8 Å². The van der Waals surface area contributed by atoms with E-state index in [0.717, 1.165) is 11.1 Å². The summed E-state index contributed by atoms with van der Waals surface area (Å²) in [6.45, 7) is 2.78. The Morgan fingerprint density at radius 1 is 1.15 bits per heavy atom. The number of carbonyl (C=O) groups excluding carboxylic acids is 1. The van der Waals surface area contributed by atoms with Gasteiger partial charge in [0.1, 0.15) is 24.4 Å². The molecule has 2 aliphatic rings. The second-order valence-electron chi connectivity index (χ2n) is 8.60. The summed E-state index contributed by atoms with van der Waals surface area (Å²) in [5, 5.41) is 23.9. The van der Waals surface area contributed by atoms with Crippen LogP contribution in [0.2, 0.25) is 0 Å². The number of carboxylic acids is 1. The minimum Gasteiger partial charge on any atom is -0.479 e. The van der Waals surface area contributed by atoms with Crippen molar-refractivity contribution in [3.05, 3.63) is 71.8 Å². The lowest BCUT2D eigenvalue weighted by Crippen LogP contribution is -2.73. The van der Waals surface area contributed by atoms with Crippen LogP contribution in [0.5, 0.6) is 0 Å². The molecule has 182 valence electrons. The molecule has 0 spiro atoms. The lowest BCUT2D eigenvalue weighted by molar-refractivity contribution is -0.377. The number of aliphatic hydroxyl groups is 1. The highest BCUT2D eigenvalue weighted by Gasteiger charge is 2.58. The van der Waals surface area contributed by atoms with Gasteiger partial charge in [0.25, 0.3) is 0 Å². The number of aliphatic carboxylic acids is 1. The maximum absolute atomic E-state index is 12.1. The number of amides is 1. The molecule has 2 saturated heterocycles. The fraction of sp³-hybridized carbons (Fsp3) is 0.440. The van der Waals surface area contributed by atoms with Crippen molar-refractivity contribution in [3.63, 3.8) is 0 Å². The topological polar surface area (TPSA) is 124 Å². The Labute approximate surface area is 197 Å². The number of ether oxygens (including phenoxy) is 4. The molecule has 2 heterocycles. The Morgan fingerprint density at radius 3 is 2.41 bits per heavy atom. The predicted molar refractivity (Wildman–Crippen MR) is 120 cm³/mol. The molecule has 2 unspecified atom stereocenters. The van der Waals surface area contributed by atoms with Crippen molar-refractivity contribution in [1.82, 2.24) is 5.32 Å². The summed E-state index contributed by atoms with van der Waals surface area (Å²) in [5.74, 6) is -3.51. The van der Waals surface area contributed by atoms with Gasteiger partial charge in [-0.2, -0.15) is 0 Å². The number of benzene rings is 2. The van der Waals surface area contributed by atoms with Crippen molar-refractivity contribution >= 4 is 11.9 Å². The smallest absolute Gasteiger partial charge is 0.332 e. The highest BCUT2D eigenvalue weighted by molar-refractivity contribution is 5.73. The van der Waals surface area contributed by atoms with Crippen molar-refractivity contribution in [2.75, 3.05) is 6.61 Å². The largest absolute Gasteiger partial charge is 0.479 e. The molecule has 7 atom stereocenters. The number of hydrogen-bond donors (Lipinski definition) is 3. The van der Waals surface area contributed by atoms with Gasteiger partial charge < -0.3 is 34.5 Å². The summed E-state index contributed by atoms with van der Waals surface area (Å²) in [7, 11) is 0. The summed E-state index contributed by atoms with van der Waals surface area (Å²) in [6, 6.07) is 17.3. The van der Waals surface area contributed by atoms with E-state index in [1.807, 2.05) is 60.7 Å². The van der Waals surface area contributed by atoms with Gasteiger partial charge >= 0.3 is 5.97 Å². The Balaban J connectivity index is 1.69. The maximum atomic E-state index is 12.1. The lowest BCUT2D eigenvalue weighted by Gasteiger charge is -2.53. The minimum absolute atomic E-state index is 0.0332. The van der Waals surface area contributed by atoms with Crippen LogP contribution in [0.15, 0.2) is 60.7 Å². The van der Waals surface area contributed by atoms with Crippen LogP contribution in [0, 0.1) is 0 Å². The van der Waals surface area contributed by atoms with Crippen LogP contribution in [0.25, 0.3) is 0 Å². The molecule has 0 saturated carbocycles. The minimum atomic E-state index is -1.90. The predicted octanol–water partition coefficient (Wildman–Crippen LogP) is 1.79. The Hall–Kier alpha value is -2.82. The van der Waals surface area contributed by atoms with Gasteiger partial charge in [0.2, 0.25) is 5.91 Å². The highest BCUT2D eigenvalue weighted by Crippen LogP contribution is 2.40. The van der Waals surface area contributed by atoms with E-state index < -0.39 is 54.4 Å². The van der Waals surface area contributed by atoms with Crippen LogP contribution >= 0.6 is 0 Å². The molecule has 34 heavy (non-hydrogen) atoms. The fourth-order valence-corrected chi connectivity index (χ4v) is 4.41. The average Bonchev–Trinajstić information content (AvgIpc) is 2.82. The zero-order valence-corrected chi connectivity index (χ0v) is 19.0. The first-order valence-corrected chi connectivity index (χ1v) is 11.2. The molecular weight excluding hydrogens is 442 g/mol. The standard InChI is InChI=1S/C25H29NO8/c1-15(23(28)29)32-21-20-19(14-31-24(33-20)18-11-7-4-8-12-18)34-25(30,22(21)26-16(2)27)13-17-9-5-3-6-10-17/h3-12,15,19-22,24,30H,13-14H2,1-2H3,(H,26,27)(H,28,29)/t15?,19-,20-,21+,22-,24?,25+/m1/s1. The number of rotatable bonds is 7. The third kappa shape index (κ3) is 5.29. The first-order chi connectivity index (χ1) is 16.3. The molecule has 0 radical (unpaired) electrons. The summed E-state index contributed by atoms with van der Waals surface area (Å²) in [4.78, 5) is 23.8. The highest BCUT2D eigenvalue weighted by atomic mass is 16.7. The van der Waals surface area contributed by atoms with Crippen molar-refractivity contribution in [2.45, 2.75) is 62.8 Å². The molecule has 2 aromatic rings. The Morgan fingerprint density at radius 2 is 1.79 bits per heavy atom. The summed E-state index contributed by atoms with van der Waals surface area (Å²) < 4.78 is 24.1. The van der Waals surface area contributed by atoms with Gasteiger partial charge in [0.05, 0.1) is 6.61 Å². The number of fused-ring (bicyclic) bond motifs is 1. The summed E-state index contributed by atoms with van der Waals surface area (Å²) in [6.07, 6.45) is -4.53. The van der Waals surface area contributed by atoms with Crippen LogP contribution in [0.4, 0.5) is 0 Å². The average molecular weight is 472 g/mol. The van der Waals surface area contributed by atoms with Crippen LogP contribution < -0.4 is 5.32 Å². The van der Waals surface area contributed by atoms with Gasteiger partial charge in [-0.1, -0.05) is 60.7 Å². The van der Waals surface area contributed by atoms with E-state index >= 15 is 0 Å². The molecule has 9 nitrogen and oxygen atoms in total. The van der Waals surface area contributed by atoms with Crippen molar-refractivity contribution in [1.29, 1.82) is 0 Å². The van der Waals surface area contributed by atoms with E-state index in [9.17, 15) is 19.8 Å². The maximum Gasteiger partial charge on any atom is 0.332 e. The van der Waals surface area contributed by atoms with Crippen molar-refractivity contribution < 1.29 is 38.7 Å². The zero-order valence-electron chi connectivity index (χ0n) is 19.0. The second kappa shape index (κ2) is 10.2. The normalized spacial score (nSPS) is 31.8. The van der Waals surface area contributed by atoms with Crippen LogP contribution in [0.1, 0.15) is 31.3 Å². The molecule has 0 aliphatic carbocycles. The molecule has 2 fully saturated rings. The molecular formula is C25H29NO8. The van der Waals surface area contributed by atoms with Gasteiger partial charge in [-0.25, -0.2) is 4.79 Å². The molecule has 1 amide bonds. The second-order valence-corrected chi connectivity index (χ2v) is 8.60. The number of hydrogen-bond acceptors (Lipinski definition) is 7. The van der Waals surface area contributed by atoms with Crippen LogP contribution in [-0.2, 0) is 35.0 Å².